The fourth-order valence-corrected chi connectivity index (χ4v) is 3.89. The lowest BCUT2D eigenvalue weighted by Crippen LogP contribution is -2.29. The molecule has 1 atom stereocenters. The molecular weight excluding hydrogens is 410 g/mol. The number of ether oxygens (including phenoxy) is 1. The monoisotopic (exact) mass is 433 g/mol. The molecule has 32 heavy (non-hydrogen) atoms. The highest BCUT2D eigenvalue weighted by Gasteiger charge is 2.49. The van der Waals surface area contributed by atoms with Gasteiger partial charge in [0.1, 0.15) is 29.1 Å². The van der Waals surface area contributed by atoms with Crippen molar-refractivity contribution in [3.05, 3.63) is 82.8 Å². The summed E-state index contributed by atoms with van der Waals surface area (Å²) in [6.45, 7) is 6.01. The third-order valence-corrected chi connectivity index (χ3v) is 5.40. The fourth-order valence-electron chi connectivity index (χ4n) is 3.89. The summed E-state index contributed by atoms with van der Waals surface area (Å²) < 4.78 is 11.1. The number of benzene rings is 2. The van der Waals surface area contributed by atoms with Gasteiger partial charge in [0.25, 0.3) is 11.7 Å². The van der Waals surface area contributed by atoms with Gasteiger partial charge in [-0.2, -0.15) is 0 Å². The van der Waals surface area contributed by atoms with Gasteiger partial charge in [0, 0.05) is 5.56 Å². The maximum atomic E-state index is 13.1. The minimum absolute atomic E-state index is 0.116. The Kier molecular flexibility index (Phi) is 5.48. The average Bonchev–Trinajstić information content (AvgIpc) is 3.38. The summed E-state index contributed by atoms with van der Waals surface area (Å²) in [6.07, 6.45) is 1.42. The SMILES string of the molecule is CCOc1ccc(/C(O)=C2/C(=O)C(=O)N(c3cc(C)ccc3O)C2c2ccco2)cc1C. The second-order valence-corrected chi connectivity index (χ2v) is 7.59. The van der Waals surface area contributed by atoms with Crippen LogP contribution in [0.25, 0.3) is 5.76 Å². The van der Waals surface area contributed by atoms with Gasteiger partial charge >= 0.3 is 0 Å². The van der Waals surface area contributed by atoms with Crippen molar-refractivity contribution in [3.8, 4) is 11.5 Å². The Hall–Kier alpha value is -4.00. The van der Waals surface area contributed by atoms with Crippen LogP contribution in [0.5, 0.6) is 11.5 Å². The van der Waals surface area contributed by atoms with Crippen LogP contribution in [0.2, 0.25) is 0 Å². The van der Waals surface area contributed by atoms with Gasteiger partial charge < -0.3 is 19.4 Å². The Morgan fingerprint density at radius 3 is 2.56 bits per heavy atom. The van der Waals surface area contributed by atoms with Gasteiger partial charge in [0.2, 0.25) is 0 Å². The second kappa shape index (κ2) is 8.26. The first-order valence-electron chi connectivity index (χ1n) is 10.2. The first-order chi connectivity index (χ1) is 15.3. The molecule has 0 spiro atoms. The quantitative estimate of drug-likeness (QED) is 0.346. The van der Waals surface area contributed by atoms with Crippen molar-refractivity contribution in [2.75, 3.05) is 11.5 Å². The standard InChI is InChI=1S/C25H23NO6/c1-4-31-19-10-8-16(13-15(19)3)23(28)21-22(20-6-5-11-32-20)26(25(30)24(21)29)17-12-14(2)7-9-18(17)27/h5-13,22,27-28H,4H2,1-3H3/b23-21-. The first-order valence-corrected chi connectivity index (χ1v) is 10.2. The van der Waals surface area contributed by atoms with Gasteiger partial charge in [0.15, 0.2) is 0 Å². The van der Waals surface area contributed by atoms with Crippen LogP contribution in [-0.2, 0) is 9.59 Å². The first kappa shape index (κ1) is 21.2. The third kappa shape index (κ3) is 3.51. The minimum atomic E-state index is -1.04. The number of anilines is 1. The zero-order valence-corrected chi connectivity index (χ0v) is 18.0. The van der Waals surface area contributed by atoms with Crippen LogP contribution in [-0.4, -0.2) is 28.5 Å². The molecule has 1 aliphatic heterocycles. The van der Waals surface area contributed by atoms with Gasteiger partial charge in [-0.05, 0) is 74.4 Å². The molecule has 1 fully saturated rings. The maximum absolute atomic E-state index is 13.1. The molecule has 1 aromatic heterocycles. The molecule has 0 aliphatic carbocycles. The largest absolute Gasteiger partial charge is 0.507 e. The highest BCUT2D eigenvalue weighted by molar-refractivity contribution is 6.51. The number of carbonyl (C=O) groups is 2. The number of ketones is 1. The van der Waals surface area contributed by atoms with Crippen molar-refractivity contribution < 1.29 is 29.0 Å². The fraction of sp³-hybridized carbons (Fsp3) is 0.200. The Morgan fingerprint density at radius 2 is 1.91 bits per heavy atom. The Bertz CT molecular complexity index is 1230. The predicted octanol–water partition coefficient (Wildman–Crippen LogP) is 4.63. The number of aryl methyl sites for hydroxylation is 2. The van der Waals surface area contributed by atoms with E-state index in [9.17, 15) is 19.8 Å². The summed E-state index contributed by atoms with van der Waals surface area (Å²) >= 11 is 0. The van der Waals surface area contributed by atoms with Crippen LogP contribution in [0.15, 0.2) is 64.8 Å². The number of aliphatic hydroxyl groups is 1. The van der Waals surface area contributed by atoms with Crippen LogP contribution in [0.1, 0.15) is 35.4 Å². The lowest BCUT2D eigenvalue weighted by Gasteiger charge is -2.24. The molecule has 3 aromatic rings. The molecular formula is C25H23NO6. The van der Waals surface area contributed by atoms with E-state index in [-0.39, 0.29) is 28.5 Å². The summed E-state index contributed by atoms with van der Waals surface area (Å²) in [5.41, 5.74) is 1.98. The molecule has 7 nitrogen and oxygen atoms in total. The van der Waals surface area contributed by atoms with Gasteiger partial charge in [-0.15, -0.1) is 0 Å². The maximum Gasteiger partial charge on any atom is 0.300 e. The molecule has 2 N–H and O–H groups in total. The Morgan fingerprint density at radius 1 is 1.12 bits per heavy atom. The number of nitrogens with zero attached hydrogens (tertiary/aromatic N) is 1. The molecule has 7 heteroatoms. The highest BCUT2D eigenvalue weighted by Crippen LogP contribution is 2.45. The molecule has 2 heterocycles. The molecule has 0 radical (unpaired) electrons. The Labute approximate surface area is 185 Å². The van der Waals surface area contributed by atoms with Gasteiger partial charge in [-0.1, -0.05) is 6.07 Å². The number of phenolic OH excluding ortho intramolecular Hbond substituents is 1. The van der Waals surface area contributed by atoms with Crippen molar-refractivity contribution in [3.63, 3.8) is 0 Å². The Balaban J connectivity index is 1.91. The van der Waals surface area contributed by atoms with Gasteiger partial charge in [-0.25, -0.2) is 0 Å². The van der Waals surface area contributed by atoms with Crippen LogP contribution in [0.4, 0.5) is 5.69 Å². The van der Waals surface area contributed by atoms with Gasteiger partial charge in [0.05, 0.1) is 24.1 Å². The molecule has 1 amide bonds. The molecule has 2 aromatic carbocycles. The van der Waals surface area contributed by atoms with E-state index in [2.05, 4.69) is 0 Å². The van der Waals surface area contributed by atoms with E-state index in [0.29, 0.717) is 17.9 Å². The molecule has 0 bridgehead atoms. The lowest BCUT2D eigenvalue weighted by molar-refractivity contribution is -0.132. The van der Waals surface area contributed by atoms with Gasteiger partial charge in [-0.3, -0.25) is 14.5 Å². The number of rotatable bonds is 5. The van der Waals surface area contributed by atoms with Crippen LogP contribution in [0.3, 0.4) is 0 Å². The number of Topliss-reactive ketones (excluding diaryl/α,β-unsaturated/α-hetero) is 1. The molecule has 1 aliphatic rings. The number of hydrogen-bond donors (Lipinski definition) is 2. The number of phenols is 1. The molecule has 1 saturated heterocycles. The van der Waals surface area contributed by atoms with E-state index in [4.69, 9.17) is 9.15 Å². The van der Waals surface area contributed by atoms with Crippen LogP contribution < -0.4 is 9.64 Å². The summed E-state index contributed by atoms with van der Waals surface area (Å²) in [6, 6.07) is 12.0. The summed E-state index contributed by atoms with van der Waals surface area (Å²) in [4.78, 5) is 27.4. The summed E-state index contributed by atoms with van der Waals surface area (Å²) in [7, 11) is 0. The van der Waals surface area contributed by atoms with E-state index in [1.54, 1.807) is 42.5 Å². The third-order valence-electron chi connectivity index (χ3n) is 5.40. The molecule has 0 saturated carbocycles. The summed E-state index contributed by atoms with van der Waals surface area (Å²) in [5, 5.41) is 21.6. The van der Waals surface area contributed by atoms with Crippen LogP contribution in [0, 0.1) is 13.8 Å². The van der Waals surface area contributed by atoms with Crippen molar-refractivity contribution >= 4 is 23.1 Å². The van der Waals surface area contributed by atoms with Crippen LogP contribution >= 0.6 is 0 Å². The van der Waals surface area contributed by atoms with Crippen molar-refractivity contribution in [2.45, 2.75) is 26.8 Å². The lowest BCUT2D eigenvalue weighted by atomic mass is 9.98. The average molecular weight is 433 g/mol. The van der Waals surface area contributed by atoms with Crippen molar-refractivity contribution in [1.29, 1.82) is 0 Å². The smallest absolute Gasteiger partial charge is 0.300 e. The number of hydrogen-bond acceptors (Lipinski definition) is 6. The predicted molar refractivity (Wildman–Crippen MR) is 119 cm³/mol. The minimum Gasteiger partial charge on any atom is -0.507 e. The van der Waals surface area contributed by atoms with E-state index in [1.807, 2.05) is 20.8 Å². The molecule has 4 rings (SSSR count). The zero-order valence-electron chi connectivity index (χ0n) is 18.0. The zero-order chi connectivity index (χ0) is 23.0. The molecule has 1 unspecified atom stereocenters. The van der Waals surface area contributed by atoms with Crippen molar-refractivity contribution in [1.82, 2.24) is 0 Å². The van der Waals surface area contributed by atoms with E-state index in [1.165, 1.54) is 12.3 Å². The van der Waals surface area contributed by atoms with Crippen molar-refractivity contribution in [2.24, 2.45) is 0 Å². The number of aliphatic hydroxyl groups excluding tert-OH is 1. The number of amides is 1. The second-order valence-electron chi connectivity index (χ2n) is 7.59. The number of aromatic hydroxyl groups is 1. The van der Waals surface area contributed by atoms with E-state index in [0.717, 1.165) is 16.0 Å². The normalized spacial score (nSPS) is 17.7. The topological polar surface area (TPSA) is 100 Å². The number of furan rings is 1. The highest BCUT2D eigenvalue weighted by atomic mass is 16.5. The van der Waals surface area contributed by atoms with E-state index < -0.39 is 17.7 Å². The van der Waals surface area contributed by atoms with E-state index >= 15 is 0 Å². The molecule has 164 valence electrons. The number of carbonyl (C=O) groups excluding carboxylic acids is 2. The summed E-state index contributed by atoms with van der Waals surface area (Å²) in [5.74, 6) is -1.27.